The molecule has 0 fully saturated rings. The fourth-order valence-electron chi connectivity index (χ4n) is 2.25. The van der Waals surface area contributed by atoms with Crippen LogP contribution in [-0.2, 0) is 4.79 Å². The Hall–Kier alpha value is -1.75. The van der Waals surface area contributed by atoms with Crippen LogP contribution in [0.3, 0.4) is 0 Å². The molecule has 3 N–H and O–H groups in total. The Balaban J connectivity index is 2.81. The maximum absolute atomic E-state index is 10.7. The van der Waals surface area contributed by atoms with E-state index in [-0.39, 0.29) is 18.4 Å². The Bertz CT molecular complexity index is 462. The van der Waals surface area contributed by atoms with Gasteiger partial charge < -0.3 is 20.3 Å². The molecule has 0 saturated carbocycles. The molecule has 0 bridgehead atoms. The second-order valence-electron chi connectivity index (χ2n) is 5.12. The third-order valence-corrected chi connectivity index (χ3v) is 3.17. The van der Waals surface area contributed by atoms with Gasteiger partial charge in [0, 0.05) is 12.5 Å². The Morgan fingerprint density at radius 2 is 1.86 bits per heavy atom. The van der Waals surface area contributed by atoms with Crippen LogP contribution in [0.2, 0.25) is 0 Å². The Morgan fingerprint density at radius 3 is 2.43 bits per heavy atom. The van der Waals surface area contributed by atoms with E-state index in [1.54, 1.807) is 0 Å². The van der Waals surface area contributed by atoms with Gasteiger partial charge in [-0.1, -0.05) is 13.0 Å². The highest BCUT2D eigenvalue weighted by molar-refractivity contribution is 5.66. The molecule has 0 aromatic heterocycles. The first-order valence-electron chi connectivity index (χ1n) is 7.34. The second kappa shape index (κ2) is 8.52. The molecule has 2 atom stereocenters. The molecule has 0 aliphatic carbocycles. The summed E-state index contributed by atoms with van der Waals surface area (Å²) in [4.78, 5) is 10.7. The highest BCUT2D eigenvalue weighted by Crippen LogP contribution is 2.32. The van der Waals surface area contributed by atoms with E-state index < -0.39 is 5.97 Å². The molecule has 0 heterocycles. The van der Waals surface area contributed by atoms with E-state index in [9.17, 15) is 4.79 Å². The van der Waals surface area contributed by atoms with E-state index in [4.69, 9.17) is 20.3 Å². The maximum Gasteiger partial charge on any atom is 0.303 e. The zero-order chi connectivity index (χ0) is 15.8. The molecule has 0 aliphatic rings. The average molecular weight is 295 g/mol. The number of carboxylic acid groups (broad SMARTS) is 1. The minimum Gasteiger partial charge on any atom is -0.490 e. The summed E-state index contributed by atoms with van der Waals surface area (Å²) in [5.74, 6) is 0.614. The molecular weight excluding hydrogens is 270 g/mol. The third kappa shape index (κ3) is 5.63. The zero-order valence-electron chi connectivity index (χ0n) is 13.0. The number of aliphatic carboxylic acids is 1. The van der Waals surface area contributed by atoms with E-state index in [0.717, 1.165) is 5.56 Å². The first-order chi connectivity index (χ1) is 9.97. The fraction of sp³-hybridized carbons (Fsp3) is 0.562. The van der Waals surface area contributed by atoms with E-state index in [1.807, 2.05) is 39.0 Å². The van der Waals surface area contributed by atoms with Gasteiger partial charge in [0.15, 0.2) is 11.5 Å². The van der Waals surface area contributed by atoms with Crippen molar-refractivity contribution in [2.75, 3.05) is 13.2 Å². The van der Waals surface area contributed by atoms with Gasteiger partial charge in [-0.2, -0.15) is 0 Å². The van der Waals surface area contributed by atoms with E-state index >= 15 is 0 Å². The summed E-state index contributed by atoms with van der Waals surface area (Å²) in [5, 5.41) is 8.80. The van der Waals surface area contributed by atoms with Crippen molar-refractivity contribution in [3.63, 3.8) is 0 Å². The SMILES string of the molecule is CCOc1ccc(C(N)CC(C)CC(=O)O)cc1OCC. The van der Waals surface area contributed by atoms with E-state index in [2.05, 4.69) is 0 Å². The van der Waals surface area contributed by atoms with Gasteiger partial charge in [0.2, 0.25) is 0 Å². The first-order valence-corrected chi connectivity index (χ1v) is 7.34. The number of rotatable bonds is 9. The maximum atomic E-state index is 10.7. The quantitative estimate of drug-likeness (QED) is 0.732. The predicted octanol–water partition coefficient (Wildman–Crippen LogP) is 2.98. The standard InChI is InChI=1S/C16H25NO4/c1-4-20-14-7-6-12(10-15(14)21-5-2)13(17)8-11(3)9-16(18)19/h6-7,10-11,13H,4-5,8-9,17H2,1-3H3,(H,18,19). The summed E-state index contributed by atoms with van der Waals surface area (Å²) < 4.78 is 11.1. The smallest absolute Gasteiger partial charge is 0.303 e. The molecular formula is C16H25NO4. The van der Waals surface area contributed by atoms with Gasteiger partial charge in [-0.3, -0.25) is 4.79 Å². The largest absolute Gasteiger partial charge is 0.490 e. The second-order valence-corrected chi connectivity index (χ2v) is 5.12. The monoisotopic (exact) mass is 295 g/mol. The summed E-state index contributed by atoms with van der Waals surface area (Å²) in [6, 6.07) is 5.43. The van der Waals surface area contributed by atoms with Crippen LogP contribution in [-0.4, -0.2) is 24.3 Å². The molecule has 21 heavy (non-hydrogen) atoms. The molecule has 5 heteroatoms. The lowest BCUT2D eigenvalue weighted by Crippen LogP contribution is -2.16. The van der Waals surface area contributed by atoms with Crippen molar-refractivity contribution in [3.8, 4) is 11.5 Å². The molecule has 1 aromatic rings. The van der Waals surface area contributed by atoms with Crippen LogP contribution in [0.5, 0.6) is 11.5 Å². The number of hydrogen-bond acceptors (Lipinski definition) is 4. The molecule has 1 aromatic carbocycles. The predicted molar refractivity (Wildman–Crippen MR) is 81.7 cm³/mol. The van der Waals surface area contributed by atoms with Crippen molar-refractivity contribution in [1.29, 1.82) is 0 Å². The van der Waals surface area contributed by atoms with Gasteiger partial charge >= 0.3 is 5.97 Å². The highest BCUT2D eigenvalue weighted by Gasteiger charge is 2.16. The molecule has 0 radical (unpaired) electrons. The molecule has 5 nitrogen and oxygen atoms in total. The zero-order valence-corrected chi connectivity index (χ0v) is 13.0. The minimum absolute atomic E-state index is 0.0274. The van der Waals surface area contributed by atoms with Crippen LogP contribution in [0, 0.1) is 5.92 Å². The molecule has 2 unspecified atom stereocenters. The normalized spacial score (nSPS) is 13.5. The van der Waals surface area contributed by atoms with Crippen molar-refractivity contribution in [2.45, 2.75) is 39.7 Å². The summed E-state index contributed by atoms with van der Waals surface area (Å²) in [6.45, 7) is 6.85. The molecule has 0 saturated heterocycles. The summed E-state index contributed by atoms with van der Waals surface area (Å²) in [5.41, 5.74) is 7.10. The lowest BCUT2D eigenvalue weighted by Gasteiger charge is -2.18. The number of carbonyl (C=O) groups is 1. The molecule has 0 spiro atoms. The number of hydrogen-bond donors (Lipinski definition) is 2. The van der Waals surface area contributed by atoms with Crippen LogP contribution in [0.25, 0.3) is 0 Å². The Labute approximate surface area is 126 Å². The average Bonchev–Trinajstić information content (AvgIpc) is 2.40. The summed E-state index contributed by atoms with van der Waals surface area (Å²) in [7, 11) is 0. The number of carboxylic acids is 1. The molecule has 1 rings (SSSR count). The van der Waals surface area contributed by atoms with Crippen LogP contribution in [0.4, 0.5) is 0 Å². The van der Waals surface area contributed by atoms with Crippen molar-refractivity contribution < 1.29 is 19.4 Å². The topological polar surface area (TPSA) is 81.8 Å². The van der Waals surface area contributed by atoms with Gasteiger partial charge in [0.25, 0.3) is 0 Å². The van der Waals surface area contributed by atoms with Crippen LogP contribution in [0.15, 0.2) is 18.2 Å². The summed E-state index contributed by atoms with van der Waals surface area (Å²) in [6.07, 6.45) is 0.745. The van der Waals surface area contributed by atoms with E-state index in [1.165, 1.54) is 0 Å². The fourth-order valence-corrected chi connectivity index (χ4v) is 2.25. The van der Waals surface area contributed by atoms with Crippen LogP contribution >= 0.6 is 0 Å². The molecule has 118 valence electrons. The van der Waals surface area contributed by atoms with Crippen molar-refractivity contribution >= 4 is 5.97 Å². The molecule has 0 amide bonds. The van der Waals surface area contributed by atoms with Crippen molar-refractivity contribution in [1.82, 2.24) is 0 Å². The van der Waals surface area contributed by atoms with Gasteiger partial charge in [0.05, 0.1) is 13.2 Å². The Kier molecular flexibility index (Phi) is 7.02. The number of benzene rings is 1. The number of nitrogens with two attached hydrogens (primary N) is 1. The van der Waals surface area contributed by atoms with Crippen LogP contribution < -0.4 is 15.2 Å². The molecule has 0 aliphatic heterocycles. The minimum atomic E-state index is -0.795. The summed E-state index contributed by atoms with van der Waals surface area (Å²) >= 11 is 0. The number of ether oxygens (including phenoxy) is 2. The van der Waals surface area contributed by atoms with Crippen LogP contribution in [0.1, 0.15) is 45.2 Å². The van der Waals surface area contributed by atoms with Crippen molar-refractivity contribution in [3.05, 3.63) is 23.8 Å². The third-order valence-electron chi connectivity index (χ3n) is 3.17. The van der Waals surface area contributed by atoms with Gasteiger partial charge in [0.1, 0.15) is 0 Å². The lowest BCUT2D eigenvalue weighted by molar-refractivity contribution is -0.138. The van der Waals surface area contributed by atoms with Gasteiger partial charge in [-0.25, -0.2) is 0 Å². The highest BCUT2D eigenvalue weighted by atomic mass is 16.5. The van der Waals surface area contributed by atoms with E-state index in [0.29, 0.717) is 31.1 Å². The lowest BCUT2D eigenvalue weighted by atomic mass is 9.94. The van der Waals surface area contributed by atoms with Crippen molar-refractivity contribution in [2.24, 2.45) is 11.7 Å². The first kappa shape index (κ1) is 17.3. The van der Waals surface area contributed by atoms with Gasteiger partial charge in [-0.15, -0.1) is 0 Å². The Morgan fingerprint density at radius 1 is 1.24 bits per heavy atom. The van der Waals surface area contributed by atoms with Gasteiger partial charge in [-0.05, 0) is 43.9 Å².